The zero-order chi connectivity index (χ0) is 24.0. The molecular weight excluding hydrogens is 463 g/mol. The van der Waals surface area contributed by atoms with Crippen LogP contribution in [0, 0.1) is 17.5 Å². The fourth-order valence-electron chi connectivity index (χ4n) is 4.46. The van der Waals surface area contributed by atoms with Crippen molar-refractivity contribution in [2.24, 2.45) is 5.73 Å². The number of ether oxygens (including phenoxy) is 1. The maximum Gasteiger partial charge on any atom is 0.161 e. The van der Waals surface area contributed by atoms with Gasteiger partial charge >= 0.3 is 0 Å². The SMILES string of the molecule is N[C@H]1Cc2c(ccc3ccc(-c4cccc(CS(=O)O)c4)cc23)O[C@@H]1c1cc(F)c(F)cc1F. The molecule has 4 nitrogen and oxygen atoms in total. The quantitative estimate of drug-likeness (QED) is 0.291. The summed E-state index contributed by atoms with van der Waals surface area (Å²) >= 11 is -1.93. The van der Waals surface area contributed by atoms with E-state index in [1.54, 1.807) is 12.1 Å². The van der Waals surface area contributed by atoms with Gasteiger partial charge in [-0.15, -0.1) is 0 Å². The zero-order valence-corrected chi connectivity index (χ0v) is 18.6. The Bertz CT molecular complexity index is 1440. The molecular formula is C26H20F3NO3S. The Labute approximate surface area is 196 Å². The molecule has 0 aromatic heterocycles. The topological polar surface area (TPSA) is 72.6 Å². The third-order valence-electron chi connectivity index (χ3n) is 6.07. The van der Waals surface area contributed by atoms with Crippen LogP contribution in [0.5, 0.6) is 5.75 Å². The lowest BCUT2D eigenvalue weighted by Crippen LogP contribution is -2.38. The molecule has 0 fully saturated rings. The Morgan fingerprint density at radius 2 is 1.68 bits per heavy atom. The zero-order valence-electron chi connectivity index (χ0n) is 17.8. The minimum absolute atomic E-state index is 0.0431. The standard InChI is InChI=1S/C26H20F3NO3S/c27-21-12-23(29)22(28)10-20(21)26-24(30)11-19-18-9-17(5-4-15(18)6-7-25(19)33-26)16-3-1-2-14(8-16)13-34(31)32/h1-10,12,24,26H,11,13,30H2,(H,31,32)/t24-,26+/m0/s1. The van der Waals surface area contributed by atoms with Crippen LogP contribution in [0.1, 0.15) is 22.8 Å². The smallest absolute Gasteiger partial charge is 0.161 e. The molecule has 5 rings (SSSR count). The van der Waals surface area contributed by atoms with E-state index in [-0.39, 0.29) is 11.3 Å². The van der Waals surface area contributed by atoms with Gasteiger partial charge in [-0.1, -0.05) is 42.5 Å². The van der Waals surface area contributed by atoms with E-state index < -0.39 is 40.7 Å². The number of nitrogens with two attached hydrogens (primary N) is 1. The Morgan fingerprint density at radius 3 is 2.47 bits per heavy atom. The lowest BCUT2D eigenvalue weighted by molar-refractivity contribution is 0.149. The number of hydrogen-bond acceptors (Lipinski definition) is 3. The summed E-state index contributed by atoms with van der Waals surface area (Å²) in [6, 6.07) is 17.6. The molecule has 0 aliphatic carbocycles. The van der Waals surface area contributed by atoms with E-state index in [4.69, 9.17) is 10.5 Å². The number of fused-ring (bicyclic) bond motifs is 3. The number of rotatable bonds is 4. The van der Waals surface area contributed by atoms with Crippen LogP contribution in [0.2, 0.25) is 0 Å². The highest BCUT2D eigenvalue weighted by Gasteiger charge is 2.32. The van der Waals surface area contributed by atoms with E-state index in [2.05, 4.69) is 0 Å². The number of hydrogen-bond donors (Lipinski definition) is 2. The minimum atomic E-state index is -1.93. The van der Waals surface area contributed by atoms with Crippen LogP contribution in [-0.2, 0) is 23.3 Å². The molecule has 0 amide bonds. The third-order valence-corrected chi connectivity index (χ3v) is 6.65. The van der Waals surface area contributed by atoms with Crippen molar-refractivity contribution in [1.29, 1.82) is 0 Å². The van der Waals surface area contributed by atoms with Crippen molar-refractivity contribution in [3.05, 3.63) is 101 Å². The Balaban J connectivity index is 1.55. The molecule has 4 aromatic rings. The molecule has 1 aliphatic rings. The van der Waals surface area contributed by atoms with Gasteiger partial charge in [-0.05, 0) is 52.1 Å². The summed E-state index contributed by atoms with van der Waals surface area (Å²) < 4.78 is 68.0. The monoisotopic (exact) mass is 483 g/mol. The predicted octanol–water partition coefficient (Wildman–Crippen LogP) is 5.65. The van der Waals surface area contributed by atoms with Gasteiger partial charge in [0.2, 0.25) is 0 Å². The molecule has 0 spiro atoms. The van der Waals surface area contributed by atoms with Crippen molar-refractivity contribution in [3.63, 3.8) is 0 Å². The second-order valence-corrected chi connectivity index (χ2v) is 9.27. The van der Waals surface area contributed by atoms with Crippen LogP contribution >= 0.6 is 0 Å². The van der Waals surface area contributed by atoms with Gasteiger partial charge in [0, 0.05) is 17.2 Å². The largest absolute Gasteiger partial charge is 0.484 e. The van der Waals surface area contributed by atoms with Crippen LogP contribution in [-0.4, -0.2) is 14.8 Å². The molecule has 1 heterocycles. The van der Waals surface area contributed by atoms with Gasteiger partial charge in [0.05, 0.1) is 11.8 Å². The molecule has 174 valence electrons. The van der Waals surface area contributed by atoms with Crippen molar-refractivity contribution >= 4 is 21.9 Å². The fraction of sp³-hybridized carbons (Fsp3) is 0.154. The van der Waals surface area contributed by atoms with Crippen LogP contribution in [0.25, 0.3) is 21.9 Å². The first kappa shape index (κ1) is 22.6. The lowest BCUT2D eigenvalue weighted by Gasteiger charge is -2.32. The van der Waals surface area contributed by atoms with Gasteiger partial charge < -0.3 is 15.0 Å². The summed E-state index contributed by atoms with van der Waals surface area (Å²) in [4.78, 5) is 0. The van der Waals surface area contributed by atoms with Gasteiger partial charge in [-0.2, -0.15) is 0 Å². The lowest BCUT2D eigenvalue weighted by atomic mass is 9.89. The van der Waals surface area contributed by atoms with Crippen LogP contribution in [0.4, 0.5) is 13.2 Å². The Kier molecular flexibility index (Phi) is 5.89. The highest BCUT2D eigenvalue weighted by molar-refractivity contribution is 7.78. The minimum Gasteiger partial charge on any atom is -0.484 e. The second-order valence-electron chi connectivity index (χ2n) is 8.34. The average molecular weight is 484 g/mol. The van der Waals surface area contributed by atoms with Crippen LogP contribution in [0.3, 0.4) is 0 Å². The highest BCUT2D eigenvalue weighted by Crippen LogP contribution is 2.40. The van der Waals surface area contributed by atoms with Crippen molar-refractivity contribution in [2.75, 3.05) is 0 Å². The van der Waals surface area contributed by atoms with Crippen LogP contribution in [0.15, 0.2) is 66.7 Å². The van der Waals surface area contributed by atoms with Gasteiger partial charge in [-0.25, -0.2) is 17.4 Å². The van der Waals surface area contributed by atoms with Gasteiger partial charge in [-0.3, -0.25) is 0 Å². The summed E-state index contributed by atoms with van der Waals surface area (Å²) in [6.07, 6.45) is -0.609. The summed E-state index contributed by atoms with van der Waals surface area (Å²) in [7, 11) is 0. The van der Waals surface area contributed by atoms with E-state index in [9.17, 15) is 21.9 Å². The molecule has 3 atom stereocenters. The summed E-state index contributed by atoms with van der Waals surface area (Å²) in [6.45, 7) is 0. The maximum absolute atomic E-state index is 14.4. The molecule has 0 saturated heterocycles. The molecule has 1 unspecified atom stereocenters. The molecule has 0 saturated carbocycles. The first-order valence-corrected chi connectivity index (χ1v) is 11.9. The maximum atomic E-state index is 14.4. The van der Waals surface area contributed by atoms with Crippen molar-refractivity contribution in [3.8, 4) is 16.9 Å². The molecule has 0 bridgehead atoms. The summed E-state index contributed by atoms with van der Waals surface area (Å²) in [5.41, 5.74) is 9.60. The van der Waals surface area contributed by atoms with E-state index in [0.717, 1.165) is 39.1 Å². The Hall–Kier alpha value is -3.20. The molecule has 1 aliphatic heterocycles. The molecule has 3 N–H and O–H groups in total. The van der Waals surface area contributed by atoms with Crippen LogP contribution < -0.4 is 10.5 Å². The Morgan fingerprint density at radius 1 is 0.941 bits per heavy atom. The summed E-state index contributed by atoms with van der Waals surface area (Å²) in [5.74, 6) is -2.78. The average Bonchev–Trinajstić information content (AvgIpc) is 2.80. The second kappa shape index (κ2) is 8.87. The fourth-order valence-corrected chi connectivity index (χ4v) is 4.93. The summed E-state index contributed by atoms with van der Waals surface area (Å²) in [5, 5.41) is 1.87. The first-order valence-electron chi connectivity index (χ1n) is 10.6. The first-order chi connectivity index (χ1) is 16.3. The van der Waals surface area contributed by atoms with Gasteiger partial charge in [0.1, 0.15) is 17.7 Å². The van der Waals surface area contributed by atoms with Crippen molar-refractivity contribution in [2.45, 2.75) is 24.3 Å². The highest BCUT2D eigenvalue weighted by atomic mass is 32.2. The molecule has 4 aromatic carbocycles. The third kappa shape index (κ3) is 4.20. The van der Waals surface area contributed by atoms with E-state index in [1.165, 1.54) is 0 Å². The normalized spacial score (nSPS) is 18.4. The van der Waals surface area contributed by atoms with Crippen molar-refractivity contribution in [1.82, 2.24) is 0 Å². The van der Waals surface area contributed by atoms with E-state index >= 15 is 0 Å². The number of halogens is 3. The molecule has 8 heteroatoms. The van der Waals surface area contributed by atoms with Crippen molar-refractivity contribution < 1.29 is 26.7 Å². The van der Waals surface area contributed by atoms with Gasteiger partial charge in [0.25, 0.3) is 0 Å². The molecule has 0 radical (unpaired) electrons. The predicted molar refractivity (Wildman–Crippen MR) is 125 cm³/mol. The number of benzene rings is 4. The van der Waals surface area contributed by atoms with E-state index in [0.29, 0.717) is 18.2 Å². The van der Waals surface area contributed by atoms with E-state index in [1.807, 2.05) is 42.5 Å². The van der Waals surface area contributed by atoms with Gasteiger partial charge in [0.15, 0.2) is 22.7 Å². The molecule has 34 heavy (non-hydrogen) atoms.